The van der Waals surface area contributed by atoms with Gasteiger partial charge in [-0.25, -0.2) is 0 Å². The van der Waals surface area contributed by atoms with Gasteiger partial charge in [0.1, 0.15) is 9.49 Å². The number of hydrogen-bond donors (Lipinski definition) is 8. The van der Waals surface area contributed by atoms with Gasteiger partial charge in [-0.3, -0.25) is 38.8 Å². The number of thioether (sulfide) groups is 3. The first-order valence-corrected chi connectivity index (χ1v) is 43.9. The minimum Gasteiger partial charge on any atom is -0.480 e. The lowest BCUT2D eigenvalue weighted by atomic mass is 9.86. The van der Waals surface area contributed by atoms with Gasteiger partial charge in [0, 0.05) is 141 Å². The number of amides is 5. The number of rotatable bonds is 25. The molecule has 622 valence electrons. The zero-order chi connectivity index (χ0) is 84.7. The molecule has 16 rings (SSSR count). The van der Waals surface area contributed by atoms with Crippen molar-refractivity contribution in [3.63, 3.8) is 0 Å². The minimum atomic E-state index is -1.46. The van der Waals surface area contributed by atoms with Crippen LogP contribution < -0.4 is 10.6 Å². The van der Waals surface area contributed by atoms with E-state index in [2.05, 4.69) is 35.7 Å². The SMILES string of the molecule is Cc1ccc(SC2(C(=O)NCC(O)CO)CC(=O)N(Cc3ccc(Cl)cc3)[C@H]2c2c[nH]c3cc(Cl)ccc23)cc1.Cc1ccc(SC2(C(=O)O)C(C)C(=O)N(Cc3ccc(Cl)cc3)C2c2c[nH]c3cc(Cl)ccc23)cc1.Cc1ccc(S[C@@]2(C(=O)NCCCN3CCOCC3)CC(=O)N(Cc3ccc(Cl)cc3)[C@H]2c2[nH]nc3cc(Cl)ccc23)cc1. The summed E-state index contributed by atoms with van der Waals surface area (Å²) in [5.74, 6) is -2.87. The Morgan fingerprint density at radius 3 is 1.43 bits per heavy atom. The van der Waals surface area contributed by atoms with Crippen molar-refractivity contribution in [2.75, 3.05) is 52.5 Å². The predicted molar refractivity (Wildman–Crippen MR) is 478 cm³/mol. The predicted octanol–water partition coefficient (Wildman–Crippen LogP) is 18.4. The molecule has 0 aliphatic carbocycles. The van der Waals surface area contributed by atoms with Crippen molar-refractivity contribution in [1.82, 2.24) is 50.4 Å². The van der Waals surface area contributed by atoms with E-state index in [1.807, 2.05) is 179 Å². The van der Waals surface area contributed by atoms with E-state index in [1.165, 1.54) is 35.3 Å². The van der Waals surface area contributed by atoms with E-state index in [0.29, 0.717) is 54.4 Å². The number of morpholine rings is 1. The van der Waals surface area contributed by atoms with E-state index >= 15 is 0 Å². The molecule has 4 fully saturated rings. The van der Waals surface area contributed by atoms with E-state index in [-0.39, 0.29) is 56.1 Å². The maximum Gasteiger partial charge on any atom is 0.323 e. The van der Waals surface area contributed by atoms with Crippen molar-refractivity contribution < 1.29 is 48.8 Å². The lowest BCUT2D eigenvalue weighted by Gasteiger charge is -2.36. The second-order valence-electron chi connectivity index (χ2n) is 30.6. The number of benzene rings is 9. The molecule has 0 spiro atoms. The quantitative estimate of drug-likeness (QED) is 0.0247. The second-order valence-corrected chi connectivity index (χ2v) is 37.3. The number of nitrogens with zero attached hydrogens (tertiary/aromatic N) is 5. The van der Waals surface area contributed by atoms with Crippen molar-refractivity contribution in [1.29, 1.82) is 0 Å². The number of aryl methyl sites for hydroxylation is 3. The van der Waals surface area contributed by atoms with Gasteiger partial charge in [0.05, 0.1) is 74.0 Å². The maximum atomic E-state index is 14.6. The van der Waals surface area contributed by atoms with Gasteiger partial charge in [-0.2, -0.15) is 5.10 Å². The van der Waals surface area contributed by atoms with E-state index in [9.17, 15) is 44.1 Å². The van der Waals surface area contributed by atoms with Crippen LogP contribution in [0.25, 0.3) is 32.7 Å². The minimum absolute atomic E-state index is 0.0349. The second kappa shape index (κ2) is 38.2. The molecule has 8 N–H and O–H groups in total. The lowest BCUT2D eigenvalue weighted by Crippen LogP contribution is -2.50. The van der Waals surface area contributed by atoms with Crippen molar-refractivity contribution in [3.8, 4) is 0 Å². The van der Waals surface area contributed by atoms with Crippen LogP contribution in [0, 0.1) is 26.7 Å². The fourth-order valence-corrected chi connectivity index (χ4v) is 21.3. The Kier molecular flexibility index (Phi) is 27.8. The first-order valence-electron chi connectivity index (χ1n) is 39.2. The number of aromatic nitrogens is 4. The van der Waals surface area contributed by atoms with Crippen molar-refractivity contribution in [2.45, 2.75) is 120 Å². The number of carbonyl (C=O) groups excluding carboxylic acids is 5. The first-order chi connectivity index (χ1) is 57.7. The van der Waals surface area contributed by atoms with Crippen LogP contribution in [0.3, 0.4) is 0 Å². The Balaban J connectivity index is 0.000000148. The van der Waals surface area contributed by atoms with Crippen LogP contribution in [0.15, 0.2) is 227 Å². The van der Waals surface area contributed by atoms with Crippen LogP contribution in [0.5, 0.6) is 0 Å². The number of likely N-dealkylation sites (tertiary alicyclic amines) is 3. The molecule has 4 saturated heterocycles. The molecule has 120 heavy (non-hydrogen) atoms. The summed E-state index contributed by atoms with van der Waals surface area (Å²) in [6, 6.07) is 60.0. The number of nitrogens with one attached hydrogen (secondary N) is 5. The highest BCUT2D eigenvalue weighted by Crippen LogP contribution is 2.59. The number of aromatic amines is 3. The van der Waals surface area contributed by atoms with Crippen LogP contribution >= 0.6 is 105 Å². The Labute approximate surface area is 737 Å². The van der Waals surface area contributed by atoms with Crippen molar-refractivity contribution in [3.05, 3.63) is 293 Å². The molecule has 20 nitrogen and oxygen atoms in total. The Morgan fingerprint density at radius 2 is 0.950 bits per heavy atom. The van der Waals surface area contributed by atoms with E-state index in [1.54, 1.807) is 76.4 Å². The summed E-state index contributed by atoms with van der Waals surface area (Å²) in [4.78, 5) is 100. The van der Waals surface area contributed by atoms with Crippen LogP contribution in [0.4, 0.5) is 0 Å². The molecule has 7 heterocycles. The largest absolute Gasteiger partial charge is 0.480 e. The topological polar surface area (TPSA) is 270 Å². The highest BCUT2D eigenvalue weighted by atomic mass is 35.5. The molecule has 0 bridgehead atoms. The fraction of sp³-hybridized carbons (Fsp3) is 0.286. The van der Waals surface area contributed by atoms with E-state index in [0.717, 1.165) is 126 Å². The number of ether oxygens (including phenoxy) is 1. The normalized spacial score (nSPS) is 20.8. The van der Waals surface area contributed by atoms with Gasteiger partial charge in [0.15, 0.2) is 4.75 Å². The Bertz CT molecular complexity index is 5710. The smallest absolute Gasteiger partial charge is 0.323 e. The summed E-state index contributed by atoms with van der Waals surface area (Å²) in [6.45, 7) is 12.6. The number of hydrogen-bond acceptors (Lipinski definition) is 14. The van der Waals surface area contributed by atoms with Crippen LogP contribution in [-0.4, -0.2) is 163 Å². The molecule has 4 aliphatic rings. The summed E-state index contributed by atoms with van der Waals surface area (Å²) in [5, 5.41) is 50.0. The van der Waals surface area contributed by atoms with Crippen molar-refractivity contribution in [2.24, 2.45) is 5.92 Å². The number of carbonyl (C=O) groups is 6. The number of aliphatic hydroxyl groups excluding tert-OH is 2. The highest BCUT2D eigenvalue weighted by Gasteiger charge is 2.65. The van der Waals surface area contributed by atoms with Gasteiger partial charge < -0.3 is 55.4 Å². The Morgan fingerprint density at radius 1 is 0.533 bits per heavy atom. The molecule has 0 radical (unpaired) electrons. The maximum absolute atomic E-state index is 14.6. The molecular weight excluding hydrogens is 1700 g/mol. The number of halogens is 6. The van der Waals surface area contributed by atoms with Crippen molar-refractivity contribution >= 4 is 173 Å². The molecule has 0 saturated carbocycles. The third kappa shape index (κ3) is 19.1. The number of aliphatic carboxylic acids is 1. The summed E-state index contributed by atoms with van der Waals surface area (Å²) < 4.78 is 1.55. The number of carboxylic acids is 1. The number of fused-ring (bicyclic) bond motifs is 3. The number of aliphatic hydroxyl groups is 2. The fourth-order valence-electron chi connectivity index (χ4n) is 16.2. The van der Waals surface area contributed by atoms with Gasteiger partial charge in [-0.05, 0) is 166 Å². The van der Waals surface area contributed by atoms with Gasteiger partial charge in [0.2, 0.25) is 29.5 Å². The van der Waals surface area contributed by atoms with Crippen LogP contribution in [0.1, 0.15) is 94.5 Å². The standard InChI is InChI=1S/C33H35Cl2N5O3S.C30H29Cl2N3O4S.C28H24Cl2N2O3S/c1-22-3-10-26(11-4-22)44-33(32(42)36-13-2-14-39-15-17-43-18-16-39)20-29(41)40(21-23-5-7-24(34)8-6-23)31(33)30-27-12-9-25(35)19-28(27)37-38-30;1-18-2-9-23(10-3-18)40-30(29(39)34-14-22(37)17-36)13-27(38)35(16-19-4-6-20(31)7-5-19)28(30)25-15-33-26-12-21(32)8-11-24(25)26;1-16-3-10-21(11-4-16)36-28(27(34)35)17(2)26(33)32(15-18-5-7-19(29)8-6-18)25(28)23-14-31-24-13-20(30)9-12-22(23)24/h3-12,19,31H,2,13-18,20-21H2,1H3,(H,36,42)(H,37,38);2-12,15,22,28,33,36-37H,13-14,16-17H2,1H3,(H,34,39);3-14,17,25,31H,15H2,1-2H3,(H,34,35)/t31-,33-;22?,28-,30?;/m00./s1. The molecule has 5 amide bonds. The monoisotopic (exact) mass is 1790 g/mol. The summed E-state index contributed by atoms with van der Waals surface area (Å²) in [7, 11) is 0. The van der Waals surface area contributed by atoms with Crippen LogP contribution in [-0.2, 0) is 53.1 Å². The zero-order valence-corrected chi connectivity index (χ0v) is 72.9. The molecule has 8 atom stereocenters. The number of carboxylic acid groups (broad SMARTS) is 1. The molecule has 9 aromatic carbocycles. The molecule has 29 heteroatoms. The van der Waals surface area contributed by atoms with E-state index in [4.69, 9.17) is 74.3 Å². The molecular formula is C91H88Cl6N10O10S3. The highest BCUT2D eigenvalue weighted by molar-refractivity contribution is 8.02. The molecule has 4 aliphatic heterocycles. The molecule has 12 aromatic rings. The summed E-state index contributed by atoms with van der Waals surface area (Å²) in [6.07, 6.45) is 3.29. The summed E-state index contributed by atoms with van der Waals surface area (Å²) in [5.41, 5.74) is 10.4. The first kappa shape index (κ1) is 87.3. The molecule has 3 aromatic heterocycles. The van der Waals surface area contributed by atoms with Crippen LogP contribution in [0.2, 0.25) is 30.1 Å². The average molecular weight is 1790 g/mol. The third-order valence-corrected chi connectivity index (χ3v) is 28.3. The van der Waals surface area contributed by atoms with Gasteiger partial charge in [-0.1, -0.05) is 178 Å². The number of H-pyrrole nitrogens is 3. The third-order valence-electron chi connectivity index (χ3n) is 22.4. The molecule has 5 unspecified atom stereocenters. The van der Waals surface area contributed by atoms with Gasteiger partial charge >= 0.3 is 5.97 Å². The van der Waals surface area contributed by atoms with E-state index < -0.39 is 62.9 Å². The Hall–Kier alpha value is -9.02. The zero-order valence-electron chi connectivity index (χ0n) is 65.9. The average Bonchev–Trinajstić information content (AvgIpc) is 1.58. The van der Waals surface area contributed by atoms with Gasteiger partial charge in [-0.15, -0.1) is 35.3 Å². The lowest BCUT2D eigenvalue weighted by molar-refractivity contribution is -0.142. The van der Waals surface area contributed by atoms with Gasteiger partial charge in [0.25, 0.3) is 0 Å². The summed E-state index contributed by atoms with van der Waals surface area (Å²) >= 11 is 41.2.